The second kappa shape index (κ2) is 4.81. The first-order chi connectivity index (χ1) is 7.22. The molecule has 0 heterocycles. The Hall–Kier alpha value is -0.120. The summed E-state index contributed by atoms with van der Waals surface area (Å²) in [6.45, 7) is 2.77. The van der Waals surface area contributed by atoms with Crippen molar-refractivity contribution in [1.29, 1.82) is 0 Å². The molecule has 3 heteroatoms. The van der Waals surface area contributed by atoms with Crippen molar-refractivity contribution in [3.63, 3.8) is 0 Å². The molecule has 15 heavy (non-hydrogen) atoms. The van der Waals surface area contributed by atoms with Crippen LogP contribution in [0.2, 0.25) is 0 Å². The first kappa shape index (κ1) is 11.4. The zero-order valence-corrected chi connectivity index (χ0v) is 9.56. The van der Waals surface area contributed by atoms with E-state index in [9.17, 15) is 5.11 Å². The number of hydrogen-bond acceptors (Lipinski definition) is 3. The van der Waals surface area contributed by atoms with Gasteiger partial charge in [-0.1, -0.05) is 6.92 Å². The molecular formula is C12H23NO2. The summed E-state index contributed by atoms with van der Waals surface area (Å²) in [5.41, 5.74) is 5.84. The molecule has 0 aromatic rings. The van der Waals surface area contributed by atoms with Crippen LogP contribution in [0.1, 0.15) is 39.0 Å². The van der Waals surface area contributed by atoms with Crippen molar-refractivity contribution in [3.05, 3.63) is 0 Å². The molecule has 0 aliphatic heterocycles. The Bertz CT molecular complexity index is 210. The Labute approximate surface area is 92.0 Å². The molecule has 2 rings (SSSR count). The number of aliphatic hydroxyl groups excluding tert-OH is 1. The third-order valence-corrected chi connectivity index (χ3v) is 4.15. The SMILES string of the molecule is CC[C@@H](N)COC1CCC2C(O)CCC12. The molecule has 3 nitrogen and oxygen atoms in total. The summed E-state index contributed by atoms with van der Waals surface area (Å²) in [5, 5.41) is 9.76. The predicted octanol–water partition coefficient (Wildman–Crippen LogP) is 1.29. The molecule has 0 spiro atoms. The maximum Gasteiger partial charge on any atom is 0.0621 e. The third kappa shape index (κ3) is 2.35. The van der Waals surface area contributed by atoms with Crippen LogP contribution in [0.25, 0.3) is 0 Å². The summed E-state index contributed by atoms with van der Waals surface area (Å²) in [6, 6.07) is 0.176. The highest BCUT2D eigenvalue weighted by Gasteiger charge is 2.44. The molecule has 0 amide bonds. The van der Waals surface area contributed by atoms with Crippen molar-refractivity contribution >= 4 is 0 Å². The average molecular weight is 213 g/mol. The summed E-state index contributed by atoms with van der Waals surface area (Å²) in [7, 11) is 0. The number of ether oxygens (including phenoxy) is 1. The second-order valence-corrected chi connectivity index (χ2v) is 5.09. The molecule has 3 N–H and O–H groups in total. The summed E-state index contributed by atoms with van der Waals surface area (Å²) in [4.78, 5) is 0. The van der Waals surface area contributed by atoms with E-state index in [1.807, 2.05) is 0 Å². The van der Waals surface area contributed by atoms with Gasteiger partial charge in [-0.15, -0.1) is 0 Å². The van der Waals surface area contributed by atoms with E-state index in [4.69, 9.17) is 10.5 Å². The molecule has 5 atom stereocenters. The Morgan fingerprint density at radius 3 is 2.73 bits per heavy atom. The number of nitrogens with two attached hydrogens (primary N) is 1. The summed E-state index contributed by atoms with van der Waals surface area (Å²) in [5.74, 6) is 1.11. The Morgan fingerprint density at radius 1 is 1.27 bits per heavy atom. The van der Waals surface area contributed by atoms with Gasteiger partial charge in [0.25, 0.3) is 0 Å². The molecule has 2 fully saturated rings. The van der Waals surface area contributed by atoms with Gasteiger partial charge in [0.1, 0.15) is 0 Å². The minimum absolute atomic E-state index is 0.0663. The maximum absolute atomic E-state index is 9.76. The molecule has 0 saturated heterocycles. The van der Waals surface area contributed by atoms with Crippen LogP contribution in [0, 0.1) is 11.8 Å². The molecule has 0 radical (unpaired) electrons. The van der Waals surface area contributed by atoms with Gasteiger partial charge in [-0.3, -0.25) is 0 Å². The zero-order valence-electron chi connectivity index (χ0n) is 9.56. The highest BCUT2D eigenvalue weighted by atomic mass is 16.5. The fourth-order valence-electron chi connectivity index (χ4n) is 3.09. The minimum atomic E-state index is -0.0663. The quantitative estimate of drug-likeness (QED) is 0.740. The molecule has 0 aromatic heterocycles. The van der Waals surface area contributed by atoms with Crippen molar-refractivity contribution in [2.24, 2.45) is 17.6 Å². The van der Waals surface area contributed by atoms with Crippen LogP contribution in [0.15, 0.2) is 0 Å². The fraction of sp³-hybridized carbons (Fsp3) is 1.00. The molecular weight excluding hydrogens is 190 g/mol. The predicted molar refractivity (Wildman–Crippen MR) is 59.5 cm³/mol. The topological polar surface area (TPSA) is 55.5 Å². The fourth-order valence-corrected chi connectivity index (χ4v) is 3.09. The zero-order chi connectivity index (χ0) is 10.8. The van der Waals surface area contributed by atoms with Gasteiger partial charge in [-0.05, 0) is 43.9 Å². The summed E-state index contributed by atoms with van der Waals surface area (Å²) < 4.78 is 5.88. The van der Waals surface area contributed by atoms with Crippen LogP contribution in [0.5, 0.6) is 0 Å². The normalized spacial score (nSPS) is 41.8. The van der Waals surface area contributed by atoms with E-state index >= 15 is 0 Å². The van der Waals surface area contributed by atoms with Gasteiger partial charge >= 0.3 is 0 Å². The van der Waals surface area contributed by atoms with E-state index in [1.54, 1.807) is 0 Å². The van der Waals surface area contributed by atoms with Crippen LogP contribution >= 0.6 is 0 Å². The lowest BCUT2D eigenvalue weighted by Crippen LogP contribution is -2.30. The van der Waals surface area contributed by atoms with E-state index < -0.39 is 0 Å². The lowest BCUT2D eigenvalue weighted by atomic mass is 9.98. The summed E-state index contributed by atoms with van der Waals surface area (Å²) in [6.07, 6.45) is 5.63. The van der Waals surface area contributed by atoms with Crippen LogP contribution in [0.4, 0.5) is 0 Å². The van der Waals surface area contributed by atoms with Crippen LogP contribution in [-0.2, 0) is 4.74 Å². The van der Waals surface area contributed by atoms with Crippen molar-refractivity contribution in [1.82, 2.24) is 0 Å². The van der Waals surface area contributed by atoms with Gasteiger partial charge in [0.15, 0.2) is 0 Å². The van der Waals surface area contributed by atoms with Crippen LogP contribution in [0.3, 0.4) is 0 Å². The first-order valence-electron chi connectivity index (χ1n) is 6.27. The van der Waals surface area contributed by atoms with Crippen molar-refractivity contribution in [3.8, 4) is 0 Å². The monoisotopic (exact) mass is 213 g/mol. The van der Waals surface area contributed by atoms with E-state index in [1.165, 1.54) is 0 Å². The van der Waals surface area contributed by atoms with Crippen LogP contribution < -0.4 is 5.73 Å². The number of hydrogen-bond donors (Lipinski definition) is 2. The maximum atomic E-state index is 9.76. The van der Waals surface area contributed by atoms with Crippen molar-refractivity contribution in [2.45, 2.75) is 57.3 Å². The van der Waals surface area contributed by atoms with Gasteiger partial charge in [0, 0.05) is 6.04 Å². The Balaban J connectivity index is 1.80. The number of fused-ring (bicyclic) bond motifs is 1. The molecule has 88 valence electrons. The Morgan fingerprint density at radius 2 is 2.00 bits per heavy atom. The number of rotatable bonds is 4. The van der Waals surface area contributed by atoms with E-state index in [0.29, 0.717) is 24.5 Å². The number of aliphatic hydroxyl groups is 1. The van der Waals surface area contributed by atoms with Gasteiger partial charge in [0.2, 0.25) is 0 Å². The molecule has 0 bridgehead atoms. The smallest absolute Gasteiger partial charge is 0.0621 e. The summed E-state index contributed by atoms with van der Waals surface area (Å²) >= 11 is 0. The first-order valence-corrected chi connectivity index (χ1v) is 6.27. The van der Waals surface area contributed by atoms with Gasteiger partial charge in [0.05, 0.1) is 18.8 Å². The van der Waals surface area contributed by atoms with Gasteiger partial charge < -0.3 is 15.6 Å². The largest absolute Gasteiger partial charge is 0.393 e. The lowest BCUT2D eigenvalue weighted by Gasteiger charge is -2.21. The van der Waals surface area contributed by atoms with Gasteiger partial charge in [-0.2, -0.15) is 0 Å². The third-order valence-electron chi connectivity index (χ3n) is 4.15. The molecule has 2 saturated carbocycles. The molecule has 2 aliphatic carbocycles. The molecule has 2 aliphatic rings. The minimum Gasteiger partial charge on any atom is -0.393 e. The lowest BCUT2D eigenvalue weighted by molar-refractivity contribution is 0.0131. The van der Waals surface area contributed by atoms with Crippen LogP contribution in [-0.4, -0.2) is 30.0 Å². The van der Waals surface area contributed by atoms with E-state index in [2.05, 4.69) is 6.92 Å². The standard InChI is InChI=1S/C12H23NO2/c1-2-8(13)7-15-12-6-4-9-10(12)3-5-11(9)14/h8-12,14H,2-7,13H2,1H3/t8-,9?,10?,11?,12?/m1/s1. The van der Waals surface area contributed by atoms with Gasteiger partial charge in [-0.25, -0.2) is 0 Å². The second-order valence-electron chi connectivity index (χ2n) is 5.09. The Kier molecular flexibility index (Phi) is 3.65. The highest BCUT2D eigenvalue weighted by Crippen LogP contribution is 2.45. The molecule has 0 aromatic carbocycles. The highest BCUT2D eigenvalue weighted by molar-refractivity contribution is 4.94. The van der Waals surface area contributed by atoms with Crippen molar-refractivity contribution < 1.29 is 9.84 Å². The molecule has 4 unspecified atom stereocenters. The average Bonchev–Trinajstić information content (AvgIpc) is 2.79. The van der Waals surface area contributed by atoms with E-state index in [0.717, 1.165) is 32.1 Å². The van der Waals surface area contributed by atoms with Crippen molar-refractivity contribution in [2.75, 3.05) is 6.61 Å². The van der Waals surface area contributed by atoms with E-state index in [-0.39, 0.29) is 12.1 Å².